The number of aromatic nitrogens is 1. The van der Waals surface area contributed by atoms with Crippen molar-refractivity contribution in [3.63, 3.8) is 0 Å². The number of nitrogens with zero attached hydrogens (tertiary/aromatic N) is 2. The van der Waals surface area contributed by atoms with Gasteiger partial charge in [0.05, 0.1) is 4.92 Å². The van der Waals surface area contributed by atoms with Gasteiger partial charge in [-0.2, -0.15) is 0 Å². The molecular weight excluding hydrogens is 354 g/mol. The summed E-state index contributed by atoms with van der Waals surface area (Å²) in [6, 6.07) is 7.34. The molecule has 22 heavy (non-hydrogen) atoms. The number of pyridine rings is 1. The molecule has 1 N–H and O–H groups in total. The zero-order valence-electron chi connectivity index (χ0n) is 11.6. The molecule has 0 saturated carbocycles. The Labute approximate surface area is 133 Å². The van der Waals surface area contributed by atoms with E-state index in [2.05, 4.69) is 21.2 Å². The van der Waals surface area contributed by atoms with Crippen LogP contribution in [0.5, 0.6) is 0 Å². The number of nitro benzene ring substituents is 1. The second kappa shape index (κ2) is 6.52. The number of anilines is 1. The molecule has 7 nitrogen and oxygen atoms in total. The quantitative estimate of drug-likeness (QED) is 0.664. The molecule has 0 atom stereocenters. The van der Waals surface area contributed by atoms with Crippen molar-refractivity contribution in [2.75, 3.05) is 5.32 Å². The van der Waals surface area contributed by atoms with Crippen LogP contribution in [0.4, 0.5) is 11.4 Å². The average Bonchev–Trinajstić information content (AvgIpc) is 2.44. The normalized spacial score (nSPS) is 10.3. The van der Waals surface area contributed by atoms with Gasteiger partial charge < -0.3 is 9.88 Å². The number of hydrogen-bond acceptors (Lipinski definition) is 4. The van der Waals surface area contributed by atoms with E-state index in [0.717, 1.165) is 0 Å². The number of nitro groups is 1. The van der Waals surface area contributed by atoms with Crippen molar-refractivity contribution >= 4 is 33.2 Å². The molecule has 1 amide bonds. The van der Waals surface area contributed by atoms with Gasteiger partial charge in [-0.1, -0.05) is 6.07 Å². The molecule has 0 radical (unpaired) electrons. The number of aryl methyl sites for hydroxylation is 1. The van der Waals surface area contributed by atoms with Gasteiger partial charge in [-0.05, 0) is 35.0 Å². The lowest BCUT2D eigenvalue weighted by atomic mass is 10.2. The largest absolute Gasteiger partial charge is 0.324 e. The molecule has 0 aliphatic heterocycles. The molecule has 2 rings (SSSR count). The van der Waals surface area contributed by atoms with Crippen LogP contribution in [0.3, 0.4) is 0 Å². The van der Waals surface area contributed by atoms with Crippen molar-refractivity contribution in [2.45, 2.75) is 13.5 Å². The van der Waals surface area contributed by atoms with Gasteiger partial charge in [0.1, 0.15) is 6.54 Å². The van der Waals surface area contributed by atoms with Crippen LogP contribution in [0.25, 0.3) is 0 Å². The lowest BCUT2D eigenvalue weighted by molar-refractivity contribution is -0.385. The fourth-order valence-corrected chi connectivity index (χ4v) is 2.24. The number of carbonyl (C=O) groups is 1. The molecule has 0 spiro atoms. The summed E-state index contributed by atoms with van der Waals surface area (Å²) < 4.78 is 1.91. The molecule has 8 heteroatoms. The average molecular weight is 366 g/mol. The van der Waals surface area contributed by atoms with Crippen LogP contribution in [-0.4, -0.2) is 15.4 Å². The van der Waals surface area contributed by atoms with Gasteiger partial charge in [0.15, 0.2) is 0 Å². The van der Waals surface area contributed by atoms with E-state index in [1.807, 2.05) is 0 Å². The molecule has 0 bridgehead atoms. The first-order valence-electron chi connectivity index (χ1n) is 6.27. The van der Waals surface area contributed by atoms with Gasteiger partial charge in [0.25, 0.3) is 11.2 Å². The summed E-state index contributed by atoms with van der Waals surface area (Å²) in [6.07, 6.45) is 1.50. The maximum absolute atomic E-state index is 12.0. The molecule has 0 aliphatic carbocycles. The number of benzene rings is 1. The van der Waals surface area contributed by atoms with E-state index in [9.17, 15) is 19.7 Å². The Kier molecular flexibility index (Phi) is 4.71. The lowest BCUT2D eigenvalue weighted by Crippen LogP contribution is -2.26. The maximum Gasteiger partial charge on any atom is 0.274 e. The SMILES string of the molecule is Cc1ccc(NC(=O)Cn2cc(Br)ccc2=O)cc1[N+](=O)[O-]. The topological polar surface area (TPSA) is 94.2 Å². The van der Waals surface area contributed by atoms with Gasteiger partial charge in [-0.3, -0.25) is 19.7 Å². The highest BCUT2D eigenvalue weighted by Gasteiger charge is 2.12. The Bertz CT molecular complexity index is 801. The molecule has 0 aliphatic rings. The van der Waals surface area contributed by atoms with Gasteiger partial charge in [-0.15, -0.1) is 0 Å². The summed E-state index contributed by atoms with van der Waals surface area (Å²) in [5.41, 5.74) is 0.433. The standard InChI is InChI=1S/C14H12BrN3O4/c1-9-2-4-11(6-12(9)18(21)22)16-13(19)8-17-7-10(15)3-5-14(17)20/h2-7H,8H2,1H3,(H,16,19). The van der Waals surface area contributed by atoms with Crippen molar-refractivity contribution in [3.8, 4) is 0 Å². The van der Waals surface area contributed by atoms with E-state index in [1.165, 1.54) is 22.9 Å². The second-order valence-electron chi connectivity index (χ2n) is 4.62. The summed E-state index contributed by atoms with van der Waals surface area (Å²) >= 11 is 3.22. The Morgan fingerprint density at radius 2 is 2.09 bits per heavy atom. The minimum Gasteiger partial charge on any atom is -0.324 e. The molecule has 1 aromatic carbocycles. The van der Waals surface area contributed by atoms with E-state index in [0.29, 0.717) is 15.7 Å². The van der Waals surface area contributed by atoms with Crippen molar-refractivity contribution in [1.29, 1.82) is 0 Å². The van der Waals surface area contributed by atoms with Crippen molar-refractivity contribution in [3.05, 3.63) is 67.0 Å². The van der Waals surface area contributed by atoms with Crippen molar-refractivity contribution < 1.29 is 9.72 Å². The van der Waals surface area contributed by atoms with Crippen molar-refractivity contribution in [1.82, 2.24) is 4.57 Å². The second-order valence-corrected chi connectivity index (χ2v) is 5.54. The number of nitrogens with one attached hydrogen (secondary N) is 1. The highest BCUT2D eigenvalue weighted by Crippen LogP contribution is 2.22. The first kappa shape index (κ1) is 15.9. The van der Waals surface area contributed by atoms with E-state index in [4.69, 9.17) is 0 Å². The maximum atomic E-state index is 12.0. The first-order chi connectivity index (χ1) is 10.4. The summed E-state index contributed by atoms with van der Waals surface area (Å²) in [6.45, 7) is 1.44. The Hall–Kier alpha value is -2.48. The third-order valence-electron chi connectivity index (χ3n) is 2.95. The monoisotopic (exact) mass is 365 g/mol. The molecule has 0 fully saturated rings. The number of hydrogen-bond donors (Lipinski definition) is 1. The minimum absolute atomic E-state index is 0.0718. The fourth-order valence-electron chi connectivity index (χ4n) is 1.86. The zero-order chi connectivity index (χ0) is 16.3. The van der Waals surface area contributed by atoms with E-state index < -0.39 is 10.8 Å². The summed E-state index contributed by atoms with van der Waals surface area (Å²) in [4.78, 5) is 33.9. The number of halogens is 1. The van der Waals surface area contributed by atoms with Crippen LogP contribution in [0.2, 0.25) is 0 Å². The fraction of sp³-hybridized carbons (Fsp3) is 0.143. The van der Waals surface area contributed by atoms with Crippen LogP contribution in [0.1, 0.15) is 5.56 Å². The van der Waals surface area contributed by atoms with E-state index >= 15 is 0 Å². The van der Waals surface area contributed by atoms with E-state index in [-0.39, 0.29) is 17.8 Å². The Morgan fingerprint density at radius 3 is 2.77 bits per heavy atom. The third-order valence-corrected chi connectivity index (χ3v) is 3.42. The van der Waals surface area contributed by atoms with Crippen LogP contribution < -0.4 is 10.9 Å². The number of rotatable bonds is 4. The predicted molar refractivity (Wildman–Crippen MR) is 84.9 cm³/mol. The van der Waals surface area contributed by atoms with Gasteiger partial charge >= 0.3 is 0 Å². The molecule has 0 saturated heterocycles. The Morgan fingerprint density at radius 1 is 1.36 bits per heavy atom. The van der Waals surface area contributed by atoms with Crippen LogP contribution in [0.15, 0.2) is 45.8 Å². The number of amides is 1. The third kappa shape index (κ3) is 3.79. The smallest absolute Gasteiger partial charge is 0.274 e. The molecule has 1 heterocycles. The van der Waals surface area contributed by atoms with Crippen LogP contribution in [0, 0.1) is 17.0 Å². The van der Waals surface area contributed by atoms with Gasteiger partial charge in [-0.25, -0.2) is 0 Å². The van der Waals surface area contributed by atoms with Crippen LogP contribution in [-0.2, 0) is 11.3 Å². The van der Waals surface area contributed by atoms with Crippen molar-refractivity contribution in [2.24, 2.45) is 0 Å². The van der Waals surface area contributed by atoms with Gasteiger partial charge in [0.2, 0.25) is 5.91 Å². The lowest BCUT2D eigenvalue weighted by Gasteiger charge is -2.08. The predicted octanol–water partition coefficient (Wildman–Crippen LogP) is 2.47. The molecular formula is C14H12BrN3O4. The molecule has 2 aromatic rings. The first-order valence-corrected chi connectivity index (χ1v) is 7.07. The number of carbonyl (C=O) groups excluding carboxylic acids is 1. The van der Waals surface area contributed by atoms with Crippen LogP contribution >= 0.6 is 15.9 Å². The minimum atomic E-state index is -0.510. The molecule has 1 aromatic heterocycles. The summed E-state index contributed by atoms with van der Waals surface area (Å²) in [7, 11) is 0. The highest BCUT2D eigenvalue weighted by atomic mass is 79.9. The summed E-state index contributed by atoms with van der Waals surface area (Å²) in [5, 5.41) is 13.4. The molecule has 0 unspecified atom stereocenters. The zero-order valence-corrected chi connectivity index (χ0v) is 13.2. The molecule has 114 valence electrons. The highest BCUT2D eigenvalue weighted by molar-refractivity contribution is 9.10. The Balaban J connectivity index is 2.16. The van der Waals surface area contributed by atoms with Gasteiger partial charge in [0, 0.05) is 34.1 Å². The summed E-state index contributed by atoms with van der Waals surface area (Å²) in [5.74, 6) is -0.446. The van der Waals surface area contributed by atoms with E-state index in [1.54, 1.807) is 25.1 Å².